The van der Waals surface area contributed by atoms with Gasteiger partial charge in [0.1, 0.15) is 18.5 Å². The van der Waals surface area contributed by atoms with Crippen LogP contribution in [0.5, 0.6) is 0 Å². The van der Waals surface area contributed by atoms with Gasteiger partial charge in [0, 0.05) is 18.9 Å². The Morgan fingerprint density at radius 3 is 2.87 bits per heavy atom. The quantitative estimate of drug-likeness (QED) is 0.846. The number of morpholine rings is 1. The molecule has 1 aliphatic heterocycles. The van der Waals surface area contributed by atoms with Crippen molar-refractivity contribution in [1.29, 1.82) is 0 Å². The van der Waals surface area contributed by atoms with E-state index in [1.807, 2.05) is 0 Å². The second-order valence-electron chi connectivity index (χ2n) is 5.28. The van der Waals surface area contributed by atoms with Crippen LogP contribution in [-0.2, 0) is 16.1 Å². The van der Waals surface area contributed by atoms with Gasteiger partial charge in [0.05, 0.1) is 13.2 Å². The lowest BCUT2D eigenvalue weighted by atomic mass is 10.1. The van der Waals surface area contributed by atoms with Crippen LogP contribution in [0.1, 0.15) is 11.7 Å². The molecule has 3 rings (SSSR count). The summed E-state index contributed by atoms with van der Waals surface area (Å²) in [6.45, 7) is 1.18. The average molecular weight is 317 g/mol. The number of hydrogen-bond donors (Lipinski definition) is 0. The number of rotatable bonds is 3. The van der Waals surface area contributed by atoms with E-state index in [2.05, 4.69) is 4.98 Å². The van der Waals surface area contributed by atoms with Gasteiger partial charge in [-0.1, -0.05) is 12.1 Å². The van der Waals surface area contributed by atoms with Crippen LogP contribution in [0.4, 0.5) is 4.39 Å². The van der Waals surface area contributed by atoms with Crippen LogP contribution in [0.25, 0.3) is 0 Å². The highest BCUT2D eigenvalue weighted by Gasteiger charge is 2.25. The van der Waals surface area contributed by atoms with Gasteiger partial charge in [-0.2, -0.15) is 0 Å². The molecule has 1 amide bonds. The lowest BCUT2D eigenvalue weighted by Crippen LogP contribution is -2.44. The number of halogens is 1. The summed E-state index contributed by atoms with van der Waals surface area (Å²) in [6, 6.07) is 7.65. The Kier molecular flexibility index (Phi) is 4.47. The summed E-state index contributed by atoms with van der Waals surface area (Å²) in [5.41, 5.74) is 0.367. The molecule has 0 bridgehead atoms. The minimum absolute atomic E-state index is 0.0528. The Morgan fingerprint density at radius 2 is 2.13 bits per heavy atom. The molecule has 2 aromatic rings. The van der Waals surface area contributed by atoms with Gasteiger partial charge in [-0.05, 0) is 23.8 Å². The maximum absolute atomic E-state index is 13.0. The monoisotopic (exact) mass is 317 g/mol. The van der Waals surface area contributed by atoms with E-state index in [-0.39, 0.29) is 24.4 Å². The van der Waals surface area contributed by atoms with E-state index < -0.39 is 5.69 Å². The zero-order valence-corrected chi connectivity index (χ0v) is 12.4. The van der Waals surface area contributed by atoms with Crippen molar-refractivity contribution in [2.75, 3.05) is 19.7 Å². The second-order valence-corrected chi connectivity index (χ2v) is 5.28. The highest BCUT2D eigenvalue weighted by molar-refractivity contribution is 5.76. The molecule has 23 heavy (non-hydrogen) atoms. The predicted octanol–water partition coefficient (Wildman–Crippen LogP) is 0.983. The zero-order valence-electron chi connectivity index (χ0n) is 12.4. The number of hydrogen-bond acceptors (Lipinski definition) is 4. The van der Waals surface area contributed by atoms with Gasteiger partial charge < -0.3 is 9.64 Å². The molecule has 0 aliphatic carbocycles. The van der Waals surface area contributed by atoms with E-state index in [1.165, 1.54) is 29.1 Å². The normalized spacial score (nSPS) is 18.0. The van der Waals surface area contributed by atoms with Crippen molar-refractivity contribution in [3.05, 3.63) is 64.6 Å². The summed E-state index contributed by atoms with van der Waals surface area (Å²) >= 11 is 0. The van der Waals surface area contributed by atoms with Crippen molar-refractivity contribution in [3.8, 4) is 0 Å². The first-order chi connectivity index (χ1) is 11.1. The molecule has 1 saturated heterocycles. The SMILES string of the molecule is O=C(Cn1cccnc1=O)N1CCOC(c2ccc(F)cc2)C1. The Hall–Kier alpha value is -2.54. The van der Waals surface area contributed by atoms with Crippen molar-refractivity contribution in [1.82, 2.24) is 14.5 Å². The minimum atomic E-state index is -0.454. The second kappa shape index (κ2) is 6.70. The molecule has 120 valence electrons. The average Bonchev–Trinajstić information content (AvgIpc) is 2.58. The molecule has 7 heteroatoms. The topological polar surface area (TPSA) is 64.4 Å². The smallest absolute Gasteiger partial charge is 0.347 e. The largest absolute Gasteiger partial charge is 0.370 e. The van der Waals surface area contributed by atoms with Crippen molar-refractivity contribution in [2.24, 2.45) is 0 Å². The molecule has 1 atom stereocenters. The van der Waals surface area contributed by atoms with E-state index in [4.69, 9.17) is 4.74 Å². The molecule has 1 aromatic carbocycles. The first-order valence-corrected chi connectivity index (χ1v) is 7.30. The van der Waals surface area contributed by atoms with Crippen LogP contribution in [0.2, 0.25) is 0 Å². The molecule has 0 spiro atoms. The molecule has 1 fully saturated rings. The van der Waals surface area contributed by atoms with E-state index in [1.54, 1.807) is 23.1 Å². The highest BCUT2D eigenvalue weighted by atomic mass is 19.1. The number of carbonyl (C=O) groups excluding carboxylic acids is 1. The van der Waals surface area contributed by atoms with Crippen LogP contribution >= 0.6 is 0 Å². The lowest BCUT2D eigenvalue weighted by Gasteiger charge is -2.33. The van der Waals surface area contributed by atoms with E-state index in [0.29, 0.717) is 19.7 Å². The molecule has 1 aromatic heterocycles. The first-order valence-electron chi connectivity index (χ1n) is 7.30. The lowest BCUT2D eigenvalue weighted by molar-refractivity contribution is -0.139. The Bertz CT molecular complexity index is 745. The Balaban J connectivity index is 1.68. The molecule has 2 heterocycles. The van der Waals surface area contributed by atoms with Crippen LogP contribution < -0.4 is 5.69 Å². The minimum Gasteiger partial charge on any atom is -0.370 e. The van der Waals surface area contributed by atoms with Gasteiger partial charge >= 0.3 is 5.69 Å². The van der Waals surface area contributed by atoms with E-state index in [9.17, 15) is 14.0 Å². The summed E-state index contributed by atoms with van der Waals surface area (Å²) in [7, 11) is 0. The summed E-state index contributed by atoms with van der Waals surface area (Å²) in [5, 5.41) is 0. The van der Waals surface area contributed by atoms with Crippen molar-refractivity contribution >= 4 is 5.91 Å². The van der Waals surface area contributed by atoms with Crippen LogP contribution in [-0.4, -0.2) is 40.1 Å². The van der Waals surface area contributed by atoms with Crippen LogP contribution in [0.15, 0.2) is 47.5 Å². The number of aromatic nitrogens is 2. The maximum Gasteiger partial charge on any atom is 0.347 e. The van der Waals surface area contributed by atoms with Gasteiger partial charge in [0.25, 0.3) is 0 Å². The standard InChI is InChI=1S/C16H16FN3O3/c17-13-4-2-12(3-5-13)14-10-19(8-9-23-14)15(21)11-20-7-1-6-18-16(20)22/h1-7,14H,8-11H2. The van der Waals surface area contributed by atoms with E-state index in [0.717, 1.165) is 5.56 Å². The number of nitrogens with zero attached hydrogens (tertiary/aromatic N) is 3. The summed E-state index contributed by atoms with van der Waals surface area (Å²) < 4.78 is 19.9. The zero-order chi connectivity index (χ0) is 16.2. The maximum atomic E-state index is 13.0. The fraction of sp³-hybridized carbons (Fsp3) is 0.312. The van der Waals surface area contributed by atoms with Gasteiger partial charge in [-0.3, -0.25) is 9.36 Å². The summed E-state index contributed by atoms with van der Waals surface area (Å²) in [4.78, 5) is 29.2. The van der Waals surface area contributed by atoms with Crippen molar-refractivity contribution in [3.63, 3.8) is 0 Å². The van der Waals surface area contributed by atoms with Gasteiger partial charge in [0.2, 0.25) is 5.91 Å². The summed E-state index contributed by atoms with van der Waals surface area (Å²) in [5.74, 6) is -0.482. The first kappa shape index (κ1) is 15.4. The summed E-state index contributed by atoms with van der Waals surface area (Å²) in [6.07, 6.45) is 2.63. The molecule has 6 nitrogen and oxygen atoms in total. The fourth-order valence-corrected chi connectivity index (χ4v) is 2.51. The van der Waals surface area contributed by atoms with Crippen LogP contribution in [0, 0.1) is 5.82 Å². The predicted molar refractivity (Wildman–Crippen MR) is 80.2 cm³/mol. The van der Waals surface area contributed by atoms with Gasteiger partial charge in [-0.15, -0.1) is 0 Å². The van der Waals surface area contributed by atoms with Crippen molar-refractivity contribution < 1.29 is 13.9 Å². The number of carbonyl (C=O) groups is 1. The molecule has 0 saturated carbocycles. The fourth-order valence-electron chi connectivity index (χ4n) is 2.51. The third-order valence-corrected chi connectivity index (χ3v) is 3.75. The Labute approximate surface area is 132 Å². The number of benzene rings is 1. The Morgan fingerprint density at radius 1 is 1.35 bits per heavy atom. The third kappa shape index (κ3) is 3.62. The van der Waals surface area contributed by atoms with Gasteiger partial charge in [0.15, 0.2) is 0 Å². The van der Waals surface area contributed by atoms with E-state index >= 15 is 0 Å². The van der Waals surface area contributed by atoms with Crippen LogP contribution in [0.3, 0.4) is 0 Å². The third-order valence-electron chi connectivity index (χ3n) is 3.75. The van der Waals surface area contributed by atoms with Crippen molar-refractivity contribution in [2.45, 2.75) is 12.6 Å². The molecule has 1 unspecified atom stereocenters. The molecule has 1 aliphatic rings. The molecular formula is C16H16FN3O3. The molecule has 0 N–H and O–H groups in total. The molecular weight excluding hydrogens is 301 g/mol. The number of ether oxygens (including phenoxy) is 1. The highest BCUT2D eigenvalue weighted by Crippen LogP contribution is 2.22. The number of amides is 1. The molecule has 0 radical (unpaired) electrons. The van der Waals surface area contributed by atoms with Gasteiger partial charge in [-0.25, -0.2) is 14.2 Å².